The van der Waals surface area contributed by atoms with Gasteiger partial charge in [0.05, 0.1) is 0 Å². The highest BCUT2D eigenvalue weighted by Gasteiger charge is 2.12. The highest BCUT2D eigenvalue weighted by Crippen LogP contribution is 2.27. The Hall–Kier alpha value is -3.28. The summed E-state index contributed by atoms with van der Waals surface area (Å²) in [7, 11) is 0. The molecule has 0 fully saturated rings. The summed E-state index contributed by atoms with van der Waals surface area (Å²) in [6.07, 6.45) is 0. The monoisotopic (exact) mass is 298 g/mol. The van der Waals surface area contributed by atoms with E-state index in [0.717, 1.165) is 0 Å². The molecule has 22 heavy (non-hydrogen) atoms. The Kier molecular flexibility index (Phi) is 3.27. The van der Waals surface area contributed by atoms with E-state index in [1.54, 1.807) is 36.4 Å². The Balaban J connectivity index is 1.88. The molecule has 3 aromatic rings. The topological polar surface area (TPSA) is 101 Å². The van der Waals surface area contributed by atoms with Crippen LogP contribution in [0.25, 0.3) is 22.6 Å². The molecule has 2 heterocycles. The first-order chi connectivity index (χ1) is 10.5. The van der Waals surface area contributed by atoms with Gasteiger partial charge >= 0.3 is 11.9 Å². The zero-order valence-electron chi connectivity index (χ0n) is 11.1. The molecule has 0 spiro atoms. The minimum atomic E-state index is -1.13. The van der Waals surface area contributed by atoms with E-state index in [2.05, 4.69) is 0 Å². The number of benzene rings is 1. The molecule has 0 aliphatic heterocycles. The van der Waals surface area contributed by atoms with E-state index in [1.807, 2.05) is 0 Å². The van der Waals surface area contributed by atoms with Crippen molar-refractivity contribution in [3.05, 3.63) is 60.1 Å². The van der Waals surface area contributed by atoms with Gasteiger partial charge in [0.15, 0.2) is 0 Å². The van der Waals surface area contributed by atoms with Gasteiger partial charge in [0, 0.05) is 11.1 Å². The number of hydrogen-bond acceptors (Lipinski definition) is 4. The molecule has 1 aromatic carbocycles. The van der Waals surface area contributed by atoms with E-state index < -0.39 is 11.9 Å². The fourth-order valence-corrected chi connectivity index (χ4v) is 2.01. The average Bonchev–Trinajstić information content (AvgIpc) is 3.17. The second-order valence-electron chi connectivity index (χ2n) is 4.52. The lowest BCUT2D eigenvalue weighted by molar-refractivity contribution is 0.0653. The van der Waals surface area contributed by atoms with Gasteiger partial charge in [0.1, 0.15) is 11.5 Å². The highest BCUT2D eigenvalue weighted by molar-refractivity contribution is 5.86. The number of hydrogen-bond donors (Lipinski definition) is 2. The molecule has 110 valence electrons. The van der Waals surface area contributed by atoms with Crippen LogP contribution in [0.15, 0.2) is 57.4 Å². The van der Waals surface area contributed by atoms with Crippen molar-refractivity contribution in [1.29, 1.82) is 0 Å². The maximum absolute atomic E-state index is 10.8. The SMILES string of the molecule is O=C(O)c1ccc(-c2ccc(-c3ccc(C(=O)O)o3)cc2)o1. The second-order valence-corrected chi connectivity index (χ2v) is 4.52. The van der Waals surface area contributed by atoms with E-state index in [4.69, 9.17) is 19.0 Å². The van der Waals surface area contributed by atoms with Crippen LogP contribution in [0, 0.1) is 0 Å². The Morgan fingerprint density at radius 3 is 1.27 bits per heavy atom. The van der Waals surface area contributed by atoms with Crippen molar-refractivity contribution in [1.82, 2.24) is 0 Å². The minimum absolute atomic E-state index is 0.129. The summed E-state index contributed by atoms with van der Waals surface area (Å²) in [5.41, 5.74) is 1.42. The fourth-order valence-electron chi connectivity index (χ4n) is 2.01. The van der Waals surface area contributed by atoms with E-state index in [1.165, 1.54) is 12.1 Å². The minimum Gasteiger partial charge on any atom is -0.475 e. The van der Waals surface area contributed by atoms with Gasteiger partial charge in [0.2, 0.25) is 11.5 Å². The predicted octanol–water partition coefficient (Wildman–Crippen LogP) is 3.60. The second kappa shape index (κ2) is 5.25. The summed E-state index contributed by atoms with van der Waals surface area (Å²) in [4.78, 5) is 21.6. The maximum Gasteiger partial charge on any atom is 0.371 e. The molecule has 6 heteroatoms. The largest absolute Gasteiger partial charge is 0.475 e. The van der Waals surface area contributed by atoms with Gasteiger partial charge in [-0.25, -0.2) is 9.59 Å². The standard InChI is InChI=1S/C16H10O6/c17-15(18)13-7-5-11(21-13)9-1-2-10(4-3-9)12-6-8-14(22-12)16(19)20/h1-8H,(H,17,18)(H,19,20). The first-order valence-corrected chi connectivity index (χ1v) is 6.31. The van der Waals surface area contributed by atoms with E-state index >= 15 is 0 Å². The normalized spacial score (nSPS) is 10.5. The highest BCUT2D eigenvalue weighted by atomic mass is 16.4. The van der Waals surface area contributed by atoms with Crippen molar-refractivity contribution in [2.45, 2.75) is 0 Å². The molecule has 6 nitrogen and oxygen atoms in total. The summed E-state index contributed by atoms with van der Waals surface area (Å²) in [6.45, 7) is 0. The van der Waals surface area contributed by atoms with E-state index in [-0.39, 0.29) is 11.5 Å². The van der Waals surface area contributed by atoms with Crippen LogP contribution in [0.4, 0.5) is 0 Å². The molecule has 2 N–H and O–H groups in total. The molecule has 0 unspecified atom stereocenters. The van der Waals surface area contributed by atoms with Crippen molar-refractivity contribution in [3.8, 4) is 22.6 Å². The molecule has 2 aromatic heterocycles. The number of furan rings is 2. The molecule has 0 aliphatic rings. The molecule has 0 saturated heterocycles. The lowest BCUT2D eigenvalue weighted by Gasteiger charge is -2.00. The lowest BCUT2D eigenvalue weighted by Crippen LogP contribution is -1.91. The molecular weight excluding hydrogens is 288 g/mol. The molecule has 0 aliphatic carbocycles. The van der Waals surface area contributed by atoms with Crippen LogP contribution in [-0.2, 0) is 0 Å². The van der Waals surface area contributed by atoms with Crippen LogP contribution < -0.4 is 0 Å². The van der Waals surface area contributed by atoms with Gasteiger partial charge in [-0.05, 0) is 24.3 Å². The third kappa shape index (κ3) is 2.49. The Labute approximate surface area is 124 Å². The molecule has 0 radical (unpaired) electrons. The van der Waals surface area contributed by atoms with Gasteiger partial charge in [-0.1, -0.05) is 24.3 Å². The van der Waals surface area contributed by atoms with Crippen molar-refractivity contribution >= 4 is 11.9 Å². The molecule has 0 atom stereocenters. The maximum atomic E-state index is 10.8. The van der Waals surface area contributed by atoms with Crippen LogP contribution >= 0.6 is 0 Å². The number of carbonyl (C=O) groups is 2. The molecule has 0 bridgehead atoms. The lowest BCUT2D eigenvalue weighted by atomic mass is 10.1. The summed E-state index contributed by atoms with van der Waals surface area (Å²) < 4.78 is 10.4. The van der Waals surface area contributed by atoms with Crippen molar-refractivity contribution < 1.29 is 28.6 Å². The quantitative estimate of drug-likeness (QED) is 0.763. The molecule has 3 rings (SSSR count). The third-order valence-electron chi connectivity index (χ3n) is 3.09. The smallest absolute Gasteiger partial charge is 0.371 e. The summed E-state index contributed by atoms with van der Waals surface area (Å²) >= 11 is 0. The van der Waals surface area contributed by atoms with E-state index in [0.29, 0.717) is 22.6 Å². The average molecular weight is 298 g/mol. The van der Waals surface area contributed by atoms with Crippen molar-refractivity contribution in [2.75, 3.05) is 0 Å². The van der Waals surface area contributed by atoms with Gasteiger partial charge < -0.3 is 19.0 Å². The van der Waals surface area contributed by atoms with Crippen LogP contribution in [0.3, 0.4) is 0 Å². The third-order valence-corrected chi connectivity index (χ3v) is 3.09. The first kappa shape index (κ1) is 13.7. The fraction of sp³-hybridized carbons (Fsp3) is 0. The van der Waals surface area contributed by atoms with E-state index in [9.17, 15) is 9.59 Å². The van der Waals surface area contributed by atoms with Gasteiger partial charge in [-0.2, -0.15) is 0 Å². The number of carboxylic acid groups (broad SMARTS) is 2. The summed E-state index contributed by atoms with van der Waals surface area (Å²) in [5.74, 6) is -1.63. The van der Waals surface area contributed by atoms with Gasteiger partial charge in [-0.3, -0.25) is 0 Å². The zero-order chi connectivity index (χ0) is 15.7. The Bertz CT molecular complexity index is 766. The van der Waals surface area contributed by atoms with Crippen LogP contribution in [0.5, 0.6) is 0 Å². The zero-order valence-corrected chi connectivity index (χ0v) is 11.1. The van der Waals surface area contributed by atoms with Gasteiger partial charge in [-0.15, -0.1) is 0 Å². The molecule has 0 amide bonds. The summed E-state index contributed by atoms with van der Waals surface area (Å²) in [6, 6.07) is 12.9. The number of carboxylic acids is 2. The van der Waals surface area contributed by atoms with Crippen LogP contribution in [-0.4, -0.2) is 22.2 Å². The van der Waals surface area contributed by atoms with Crippen LogP contribution in [0.1, 0.15) is 21.1 Å². The number of rotatable bonds is 4. The van der Waals surface area contributed by atoms with Crippen molar-refractivity contribution in [3.63, 3.8) is 0 Å². The van der Waals surface area contributed by atoms with Gasteiger partial charge in [0.25, 0.3) is 0 Å². The first-order valence-electron chi connectivity index (χ1n) is 6.31. The Morgan fingerprint density at radius 2 is 1.00 bits per heavy atom. The molecule has 0 saturated carbocycles. The predicted molar refractivity (Wildman–Crippen MR) is 75.8 cm³/mol. The van der Waals surface area contributed by atoms with Crippen LogP contribution in [0.2, 0.25) is 0 Å². The number of aromatic carboxylic acids is 2. The summed E-state index contributed by atoms with van der Waals surface area (Å²) in [5, 5.41) is 17.7. The van der Waals surface area contributed by atoms with Crippen molar-refractivity contribution in [2.24, 2.45) is 0 Å². The Morgan fingerprint density at radius 1 is 0.636 bits per heavy atom. The molecular formula is C16H10O6.